The van der Waals surface area contributed by atoms with Crippen molar-refractivity contribution in [2.24, 2.45) is 0 Å². The number of carbonyl (C=O) groups excluding carboxylic acids is 1. The summed E-state index contributed by atoms with van der Waals surface area (Å²) < 4.78 is 5.85. The smallest absolute Gasteiger partial charge is 0.279 e. The molecular weight excluding hydrogens is 322 g/mol. The van der Waals surface area contributed by atoms with Gasteiger partial charge in [0.05, 0.1) is 10.3 Å². The Bertz CT molecular complexity index is 952. The minimum atomic E-state index is -0.449. The maximum atomic E-state index is 11.9. The Kier molecular flexibility index (Phi) is 4.30. The number of nitro groups is 1. The minimum Gasteiger partial charge on any atom is -0.457 e. The van der Waals surface area contributed by atoms with Crippen LogP contribution in [0.15, 0.2) is 54.9 Å². The van der Waals surface area contributed by atoms with Gasteiger partial charge in [-0.2, -0.15) is 0 Å². The number of fused-ring (bicyclic) bond motifs is 1. The van der Waals surface area contributed by atoms with Crippen LogP contribution in [-0.4, -0.2) is 34.8 Å². The summed E-state index contributed by atoms with van der Waals surface area (Å²) in [6.07, 6.45) is 3.00. The fourth-order valence-corrected chi connectivity index (χ4v) is 2.45. The Labute approximate surface area is 143 Å². The SMILES string of the molecule is CN(C)C(=O)c1ccc(Oc2ccc([N+](=O)[O-])c3cnccc23)cc1. The molecule has 3 rings (SSSR count). The number of hydrogen-bond donors (Lipinski definition) is 0. The average Bonchev–Trinajstić information content (AvgIpc) is 2.61. The van der Waals surface area contributed by atoms with Gasteiger partial charge in [-0.15, -0.1) is 0 Å². The molecule has 0 aliphatic rings. The number of rotatable bonds is 4. The predicted molar refractivity (Wildman–Crippen MR) is 92.9 cm³/mol. The van der Waals surface area contributed by atoms with E-state index < -0.39 is 4.92 Å². The lowest BCUT2D eigenvalue weighted by molar-refractivity contribution is -0.383. The number of nitrogens with zero attached hydrogens (tertiary/aromatic N) is 3. The number of aromatic nitrogens is 1. The summed E-state index contributed by atoms with van der Waals surface area (Å²) >= 11 is 0. The van der Waals surface area contributed by atoms with Crippen molar-refractivity contribution in [3.05, 3.63) is 70.5 Å². The first kappa shape index (κ1) is 16.4. The van der Waals surface area contributed by atoms with Crippen molar-refractivity contribution in [1.82, 2.24) is 9.88 Å². The van der Waals surface area contributed by atoms with E-state index in [0.717, 1.165) is 0 Å². The van der Waals surface area contributed by atoms with Gasteiger partial charge in [0.15, 0.2) is 0 Å². The molecule has 0 spiro atoms. The van der Waals surface area contributed by atoms with E-state index in [0.29, 0.717) is 27.8 Å². The lowest BCUT2D eigenvalue weighted by atomic mass is 10.1. The largest absolute Gasteiger partial charge is 0.457 e. The molecule has 0 atom stereocenters. The van der Waals surface area contributed by atoms with Gasteiger partial charge in [-0.05, 0) is 36.4 Å². The number of pyridine rings is 1. The standard InChI is InChI=1S/C18H15N3O4/c1-20(2)18(22)12-3-5-13(6-4-12)25-17-8-7-16(21(23)24)15-11-19-10-9-14(15)17/h3-11H,1-2H3. The van der Waals surface area contributed by atoms with Crippen LogP contribution in [0.25, 0.3) is 10.8 Å². The van der Waals surface area contributed by atoms with E-state index in [1.807, 2.05) is 0 Å². The molecule has 1 amide bonds. The summed E-state index contributed by atoms with van der Waals surface area (Å²) in [5, 5.41) is 12.1. The molecule has 1 aromatic heterocycles. The first-order valence-electron chi connectivity index (χ1n) is 7.48. The number of nitro benzene ring substituents is 1. The van der Waals surface area contributed by atoms with Crippen LogP contribution in [0.5, 0.6) is 11.5 Å². The number of ether oxygens (including phenoxy) is 1. The van der Waals surface area contributed by atoms with Gasteiger partial charge in [0.2, 0.25) is 0 Å². The van der Waals surface area contributed by atoms with E-state index >= 15 is 0 Å². The van der Waals surface area contributed by atoms with Gasteiger partial charge in [0.25, 0.3) is 11.6 Å². The molecular formula is C18H15N3O4. The molecule has 0 saturated heterocycles. The van der Waals surface area contributed by atoms with Crippen molar-refractivity contribution in [1.29, 1.82) is 0 Å². The lowest BCUT2D eigenvalue weighted by Gasteiger charge is -2.12. The molecule has 0 bridgehead atoms. The molecule has 0 N–H and O–H groups in total. The zero-order chi connectivity index (χ0) is 18.0. The summed E-state index contributed by atoms with van der Waals surface area (Å²) in [5.41, 5.74) is 0.525. The van der Waals surface area contributed by atoms with Crippen LogP contribution >= 0.6 is 0 Å². The van der Waals surface area contributed by atoms with Gasteiger partial charge < -0.3 is 9.64 Å². The van der Waals surface area contributed by atoms with Crippen molar-refractivity contribution < 1.29 is 14.5 Å². The second kappa shape index (κ2) is 6.56. The van der Waals surface area contributed by atoms with Crippen LogP contribution < -0.4 is 4.74 Å². The Hall–Kier alpha value is -3.48. The Balaban J connectivity index is 1.95. The van der Waals surface area contributed by atoms with Gasteiger partial charge in [-0.25, -0.2) is 0 Å². The van der Waals surface area contributed by atoms with E-state index in [4.69, 9.17) is 4.74 Å². The Morgan fingerprint density at radius 2 is 1.80 bits per heavy atom. The quantitative estimate of drug-likeness (QED) is 0.536. The molecule has 0 aliphatic carbocycles. The molecule has 126 valence electrons. The van der Waals surface area contributed by atoms with Crippen molar-refractivity contribution >= 4 is 22.4 Å². The number of hydrogen-bond acceptors (Lipinski definition) is 5. The van der Waals surface area contributed by atoms with Crippen molar-refractivity contribution in [2.75, 3.05) is 14.1 Å². The fraction of sp³-hybridized carbons (Fsp3) is 0.111. The second-order valence-electron chi connectivity index (χ2n) is 5.59. The van der Waals surface area contributed by atoms with Gasteiger partial charge in [0, 0.05) is 43.5 Å². The highest BCUT2D eigenvalue weighted by atomic mass is 16.6. The van der Waals surface area contributed by atoms with Crippen LogP contribution in [0, 0.1) is 10.1 Å². The highest BCUT2D eigenvalue weighted by Crippen LogP contribution is 2.34. The molecule has 0 radical (unpaired) electrons. The van der Waals surface area contributed by atoms with Crippen molar-refractivity contribution in [3.8, 4) is 11.5 Å². The maximum Gasteiger partial charge on any atom is 0.279 e. The van der Waals surface area contributed by atoms with Gasteiger partial charge >= 0.3 is 0 Å². The number of amides is 1. The predicted octanol–water partition coefficient (Wildman–Crippen LogP) is 3.64. The van der Waals surface area contributed by atoms with E-state index in [2.05, 4.69) is 4.98 Å². The molecule has 0 aliphatic heterocycles. The Morgan fingerprint density at radius 3 is 2.44 bits per heavy atom. The molecule has 0 unspecified atom stereocenters. The normalized spacial score (nSPS) is 10.5. The number of non-ortho nitro benzene ring substituents is 1. The van der Waals surface area contributed by atoms with E-state index in [-0.39, 0.29) is 11.6 Å². The van der Waals surface area contributed by atoms with Gasteiger partial charge in [0.1, 0.15) is 11.5 Å². The topological polar surface area (TPSA) is 85.6 Å². The summed E-state index contributed by atoms with van der Waals surface area (Å²) in [6, 6.07) is 11.3. The Morgan fingerprint density at radius 1 is 1.08 bits per heavy atom. The molecule has 2 aromatic carbocycles. The molecule has 0 saturated carbocycles. The second-order valence-corrected chi connectivity index (χ2v) is 5.59. The summed E-state index contributed by atoms with van der Waals surface area (Å²) in [4.78, 5) is 28.0. The monoisotopic (exact) mass is 337 g/mol. The number of carbonyl (C=O) groups is 1. The maximum absolute atomic E-state index is 11.9. The molecule has 7 heteroatoms. The van der Waals surface area contributed by atoms with Crippen molar-refractivity contribution in [2.45, 2.75) is 0 Å². The third-order valence-corrected chi connectivity index (χ3v) is 3.69. The van der Waals surface area contributed by atoms with Gasteiger partial charge in [-0.1, -0.05) is 0 Å². The molecule has 3 aromatic rings. The zero-order valence-corrected chi connectivity index (χ0v) is 13.7. The molecule has 25 heavy (non-hydrogen) atoms. The number of benzene rings is 2. The third-order valence-electron chi connectivity index (χ3n) is 3.69. The van der Waals surface area contributed by atoms with Crippen LogP contribution in [0.2, 0.25) is 0 Å². The van der Waals surface area contributed by atoms with Gasteiger partial charge in [-0.3, -0.25) is 19.9 Å². The third kappa shape index (κ3) is 3.25. The molecule has 0 fully saturated rings. The van der Waals surface area contributed by atoms with Crippen LogP contribution in [-0.2, 0) is 0 Å². The first-order chi connectivity index (χ1) is 12.0. The average molecular weight is 337 g/mol. The van der Waals surface area contributed by atoms with Crippen LogP contribution in [0.1, 0.15) is 10.4 Å². The van der Waals surface area contributed by atoms with Crippen LogP contribution in [0.3, 0.4) is 0 Å². The van der Waals surface area contributed by atoms with Crippen LogP contribution in [0.4, 0.5) is 5.69 Å². The highest BCUT2D eigenvalue weighted by molar-refractivity contribution is 5.95. The summed E-state index contributed by atoms with van der Waals surface area (Å²) in [5.74, 6) is 0.912. The lowest BCUT2D eigenvalue weighted by Crippen LogP contribution is -2.21. The van der Waals surface area contributed by atoms with E-state index in [9.17, 15) is 14.9 Å². The first-order valence-corrected chi connectivity index (χ1v) is 7.48. The van der Waals surface area contributed by atoms with Crippen molar-refractivity contribution in [3.63, 3.8) is 0 Å². The van der Waals surface area contributed by atoms with E-state index in [1.54, 1.807) is 56.7 Å². The summed E-state index contributed by atoms with van der Waals surface area (Å²) in [6.45, 7) is 0. The molecule has 7 nitrogen and oxygen atoms in total. The minimum absolute atomic E-state index is 0.0256. The van der Waals surface area contributed by atoms with E-state index in [1.165, 1.54) is 17.2 Å². The summed E-state index contributed by atoms with van der Waals surface area (Å²) in [7, 11) is 3.37. The highest BCUT2D eigenvalue weighted by Gasteiger charge is 2.15. The molecule has 1 heterocycles. The fourth-order valence-electron chi connectivity index (χ4n) is 2.45. The zero-order valence-electron chi connectivity index (χ0n) is 13.7.